The van der Waals surface area contributed by atoms with Gasteiger partial charge in [-0.2, -0.15) is 0 Å². The molecule has 0 fully saturated rings. The predicted molar refractivity (Wildman–Crippen MR) is 131 cm³/mol. The van der Waals surface area contributed by atoms with Crippen molar-refractivity contribution in [2.75, 3.05) is 35.3 Å². The number of carbonyl (C=O) groups is 2. The zero-order chi connectivity index (χ0) is 22.8. The Morgan fingerprint density at radius 2 is 1.44 bits per heavy atom. The lowest BCUT2D eigenvalue weighted by Crippen LogP contribution is -2.35. The van der Waals surface area contributed by atoms with E-state index in [0.717, 1.165) is 22.5 Å². The number of rotatable bonds is 6. The number of amides is 2. The lowest BCUT2D eigenvalue weighted by atomic mass is 10.0. The van der Waals surface area contributed by atoms with Crippen molar-refractivity contribution in [3.8, 4) is 0 Å². The van der Waals surface area contributed by atoms with Crippen molar-refractivity contribution in [2.45, 2.75) is 13.8 Å². The number of benzene rings is 3. The molecule has 0 saturated carbocycles. The standard InChI is InChI=1S/C27H27N3O2/c1-5-29(21-10-7-6-8-11-21)25-24(20-16-14-19(2)15-17-20)26(31)30(27(25)32)23-13-9-12-22(18-23)28(3)4/h6-18H,5H2,1-4H3. The molecule has 5 nitrogen and oxygen atoms in total. The Balaban J connectivity index is 1.89. The average Bonchev–Trinajstić information content (AvgIpc) is 3.06. The van der Waals surface area contributed by atoms with E-state index in [2.05, 4.69) is 0 Å². The number of para-hydroxylation sites is 1. The number of nitrogens with zero attached hydrogens (tertiary/aromatic N) is 3. The normalized spacial score (nSPS) is 13.7. The van der Waals surface area contributed by atoms with E-state index in [-0.39, 0.29) is 11.8 Å². The van der Waals surface area contributed by atoms with Crippen LogP contribution in [0.1, 0.15) is 18.1 Å². The summed E-state index contributed by atoms with van der Waals surface area (Å²) in [5, 5.41) is 0. The van der Waals surface area contributed by atoms with Crippen LogP contribution >= 0.6 is 0 Å². The summed E-state index contributed by atoms with van der Waals surface area (Å²) in [4.78, 5) is 32.7. The SMILES string of the molecule is CCN(C1=C(c2ccc(C)cc2)C(=O)N(c2cccc(N(C)C)c2)C1=O)c1ccccc1. The summed E-state index contributed by atoms with van der Waals surface area (Å²) in [5.74, 6) is -0.619. The molecule has 1 aliphatic heterocycles. The Morgan fingerprint density at radius 1 is 0.781 bits per heavy atom. The molecule has 0 bridgehead atoms. The fourth-order valence-electron chi connectivity index (χ4n) is 3.97. The number of hydrogen-bond acceptors (Lipinski definition) is 4. The minimum Gasteiger partial charge on any atom is -0.378 e. The average molecular weight is 426 g/mol. The highest BCUT2D eigenvalue weighted by molar-refractivity contribution is 6.46. The summed E-state index contributed by atoms with van der Waals surface area (Å²) in [6.45, 7) is 4.54. The van der Waals surface area contributed by atoms with Crippen LogP contribution in [0.5, 0.6) is 0 Å². The number of likely N-dealkylation sites (N-methyl/N-ethyl adjacent to an activating group) is 1. The zero-order valence-electron chi connectivity index (χ0n) is 18.9. The van der Waals surface area contributed by atoms with Gasteiger partial charge in [0.2, 0.25) is 0 Å². The molecule has 162 valence electrons. The molecule has 0 N–H and O–H groups in total. The lowest BCUT2D eigenvalue weighted by molar-refractivity contribution is -0.120. The van der Waals surface area contributed by atoms with E-state index < -0.39 is 0 Å². The van der Waals surface area contributed by atoms with Crippen LogP contribution in [0, 0.1) is 6.92 Å². The maximum atomic E-state index is 13.8. The van der Waals surface area contributed by atoms with Crippen LogP contribution in [0.25, 0.3) is 5.57 Å². The molecule has 0 unspecified atom stereocenters. The maximum absolute atomic E-state index is 13.8. The van der Waals surface area contributed by atoms with Crippen molar-refractivity contribution in [3.05, 3.63) is 95.7 Å². The Bertz CT molecular complexity index is 1180. The Morgan fingerprint density at radius 3 is 2.06 bits per heavy atom. The summed E-state index contributed by atoms with van der Waals surface area (Å²) in [7, 11) is 3.87. The molecule has 1 aliphatic rings. The molecule has 0 aliphatic carbocycles. The maximum Gasteiger partial charge on any atom is 0.282 e. The predicted octanol–water partition coefficient (Wildman–Crippen LogP) is 4.87. The van der Waals surface area contributed by atoms with Gasteiger partial charge in [-0.15, -0.1) is 0 Å². The van der Waals surface area contributed by atoms with E-state index in [4.69, 9.17) is 0 Å². The van der Waals surface area contributed by atoms with Crippen LogP contribution in [-0.2, 0) is 9.59 Å². The highest BCUT2D eigenvalue weighted by atomic mass is 16.2. The van der Waals surface area contributed by atoms with Gasteiger partial charge in [0.15, 0.2) is 0 Å². The number of hydrogen-bond donors (Lipinski definition) is 0. The van der Waals surface area contributed by atoms with Gasteiger partial charge in [0.1, 0.15) is 5.70 Å². The number of carbonyl (C=O) groups excluding carboxylic acids is 2. The van der Waals surface area contributed by atoms with Crippen LogP contribution in [0.15, 0.2) is 84.6 Å². The third-order valence-electron chi connectivity index (χ3n) is 5.66. The van der Waals surface area contributed by atoms with Crippen LogP contribution < -0.4 is 14.7 Å². The molecule has 0 radical (unpaired) electrons. The first-order valence-corrected chi connectivity index (χ1v) is 10.7. The zero-order valence-corrected chi connectivity index (χ0v) is 18.9. The van der Waals surface area contributed by atoms with Gasteiger partial charge in [-0.25, -0.2) is 4.90 Å². The molecule has 4 rings (SSSR count). The van der Waals surface area contributed by atoms with Crippen molar-refractivity contribution in [2.24, 2.45) is 0 Å². The van der Waals surface area contributed by atoms with Crippen LogP contribution in [0.2, 0.25) is 0 Å². The van der Waals surface area contributed by atoms with Crippen molar-refractivity contribution in [3.63, 3.8) is 0 Å². The minimum absolute atomic E-state index is 0.306. The van der Waals surface area contributed by atoms with E-state index >= 15 is 0 Å². The molecular formula is C27H27N3O2. The van der Waals surface area contributed by atoms with Gasteiger partial charge < -0.3 is 9.80 Å². The van der Waals surface area contributed by atoms with Gasteiger partial charge in [0.05, 0.1) is 11.3 Å². The number of anilines is 3. The summed E-state index contributed by atoms with van der Waals surface area (Å²) in [5.41, 5.74) is 5.03. The van der Waals surface area contributed by atoms with Crippen LogP contribution in [0.4, 0.5) is 17.1 Å². The first-order valence-electron chi connectivity index (χ1n) is 10.7. The lowest BCUT2D eigenvalue weighted by Gasteiger charge is -2.25. The second kappa shape index (κ2) is 8.71. The summed E-state index contributed by atoms with van der Waals surface area (Å²) < 4.78 is 0. The fraction of sp³-hybridized carbons (Fsp3) is 0.185. The smallest absolute Gasteiger partial charge is 0.282 e. The van der Waals surface area contributed by atoms with E-state index in [1.54, 1.807) is 6.07 Å². The molecular weight excluding hydrogens is 398 g/mol. The monoisotopic (exact) mass is 425 g/mol. The third kappa shape index (κ3) is 3.78. The van der Waals surface area contributed by atoms with E-state index in [0.29, 0.717) is 23.5 Å². The molecule has 1 heterocycles. The van der Waals surface area contributed by atoms with Crippen molar-refractivity contribution in [1.29, 1.82) is 0 Å². The number of aryl methyl sites for hydroxylation is 1. The molecule has 32 heavy (non-hydrogen) atoms. The molecule has 2 amide bonds. The van der Waals surface area contributed by atoms with Gasteiger partial charge in [-0.05, 0) is 49.7 Å². The molecule has 0 aromatic heterocycles. The minimum atomic E-state index is -0.313. The van der Waals surface area contributed by atoms with Gasteiger partial charge in [0, 0.05) is 32.0 Å². The summed E-state index contributed by atoms with van der Waals surface area (Å²) >= 11 is 0. The summed E-state index contributed by atoms with van der Waals surface area (Å²) in [6, 6.07) is 24.9. The first-order chi connectivity index (χ1) is 15.4. The fourth-order valence-corrected chi connectivity index (χ4v) is 3.97. The topological polar surface area (TPSA) is 43.9 Å². The molecule has 3 aromatic rings. The highest BCUT2D eigenvalue weighted by Crippen LogP contribution is 2.37. The van der Waals surface area contributed by atoms with E-state index in [9.17, 15) is 9.59 Å². The molecule has 0 spiro atoms. The number of imide groups is 1. The van der Waals surface area contributed by atoms with E-state index in [1.807, 2.05) is 111 Å². The molecule has 0 saturated heterocycles. The van der Waals surface area contributed by atoms with E-state index in [1.165, 1.54) is 4.90 Å². The Hall–Kier alpha value is -3.86. The third-order valence-corrected chi connectivity index (χ3v) is 5.66. The van der Waals surface area contributed by atoms with Gasteiger partial charge in [-0.3, -0.25) is 9.59 Å². The van der Waals surface area contributed by atoms with Crippen LogP contribution in [-0.4, -0.2) is 32.5 Å². The van der Waals surface area contributed by atoms with Gasteiger partial charge in [-0.1, -0.05) is 54.1 Å². The van der Waals surface area contributed by atoms with Crippen molar-refractivity contribution >= 4 is 34.4 Å². The second-order valence-corrected chi connectivity index (χ2v) is 8.03. The van der Waals surface area contributed by atoms with Gasteiger partial charge >= 0.3 is 0 Å². The largest absolute Gasteiger partial charge is 0.378 e. The van der Waals surface area contributed by atoms with Gasteiger partial charge in [0.25, 0.3) is 11.8 Å². The van der Waals surface area contributed by atoms with Crippen molar-refractivity contribution < 1.29 is 9.59 Å². The first kappa shape index (κ1) is 21.4. The quantitative estimate of drug-likeness (QED) is 0.529. The highest BCUT2D eigenvalue weighted by Gasteiger charge is 2.42. The van der Waals surface area contributed by atoms with Crippen LogP contribution in [0.3, 0.4) is 0 Å². The molecule has 0 atom stereocenters. The second-order valence-electron chi connectivity index (χ2n) is 8.03. The Labute approximate surface area is 189 Å². The van der Waals surface area contributed by atoms with Crippen molar-refractivity contribution in [1.82, 2.24) is 0 Å². The molecule has 5 heteroatoms. The Kier molecular flexibility index (Phi) is 5.82. The molecule has 3 aromatic carbocycles. The summed E-state index contributed by atoms with van der Waals surface area (Å²) in [6.07, 6.45) is 0.